The number of nitrogens with zero attached hydrogens (tertiary/aromatic N) is 2. The minimum Gasteiger partial charge on any atom is -0.349 e. The molecule has 4 heteroatoms. The number of carbonyl (C=O) groups excluding carboxylic acids is 2. The minimum atomic E-state index is -0.0707. The molecule has 96 valence electrons. The van der Waals surface area contributed by atoms with E-state index in [1.165, 1.54) is 0 Å². The second-order valence-electron chi connectivity index (χ2n) is 5.85. The normalized spacial score (nSPS) is 34.8. The van der Waals surface area contributed by atoms with Gasteiger partial charge in [-0.05, 0) is 31.1 Å². The predicted molar refractivity (Wildman–Crippen MR) is 65.2 cm³/mol. The molecule has 0 heterocycles. The third-order valence-corrected chi connectivity index (χ3v) is 4.37. The van der Waals surface area contributed by atoms with Crippen LogP contribution >= 0.6 is 0 Å². The third-order valence-electron chi connectivity index (χ3n) is 4.37. The highest BCUT2D eigenvalue weighted by Crippen LogP contribution is 2.53. The van der Waals surface area contributed by atoms with Crippen molar-refractivity contribution in [2.75, 3.05) is 28.2 Å². The Morgan fingerprint density at radius 2 is 1.18 bits per heavy atom. The topological polar surface area (TPSA) is 40.6 Å². The minimum absolute atomic E-state index is 0.0707. The van der Waals surface area contributed by atoms with Crippen LogP contribution in [0.3, 0.4) is 0 Å². The maximum atomic E-state index is 12.2. The quantitative estimate of drug-likeness (QED) is 0.715. The van der Waals surface area contributed by atoms with Crippen LogP contribution in [-0.4, -0.2) is 49.8 Å². The molecule has 0 aromatic carbocycles. The molecule has 17 heavy (non-hydrogen) atoms. The summed E-state index contributed by atoms with van der Waals surface area (Å²) in [6.45, 7) is 0. The van der Waals surface area contributed by atoms with E-state index < -0.39 is 0 Å². The fourth-order valence-corrected chi connectivity index (χ4v) is 3.60. The van der Waals surface area contributed by atoms with Crippen molar-refractivity contribution in [1.29, 1.82) is 0 Å². The standard InChI is InChI=1S/C13H22N2O2/c1-14(2)12(16)10-8-5-6-9(7-8)11(10)13(17)15(3)4/h8-11H,5-7H2,1-4H3/t8-,9+,10-,11+. The van der Waals surface area contributed by atoms with Gasteiger partial charge < -0.3 is 9.80 Å². The number of fused-ring (bicyclic) bond motifs is 2. The molecular formula is C13H22N2O2. The van der Waals surface area contributed by atoms with Crippen LogP contribution in [0.1, 0.15) is 19.3 Å². The predicted octanol–water partition coefficient (Wildman–Crippen LogP) is 0.825. The summed E-state index contributed by atoms with van der Waals surface area (Å²) in [5.41, 5.74) is 0. The van der Waals surface area contributed by atoms with Crippen molar-refractivity contribution in [1.82, 2.24) is 9.80 Å². The van der Waals surface area contributed by atoms with E-state index in [2.05, 4.69) is 0 Å². The van der Waals surface area contributed by atoms with Crippen molar-refractivity contribution >= 4 is 11.8 Å². The van der Waals surface area contributed by atoms with Crippen molar-refractivity contribution in [3.63, 3.8) is 0 Å². The van der Waals surface area contributed by atoms with Crippen LogP contribution < -0.4 is 0 Å². The van der Waals surface area contributed by atoms with Crippen molar-refractivity contribution in [2.45, 2.75) is 19.3 Å². The van der Waals surface area contributed by atoms with E-state index in [4.69, 9.17) is 0 Å². The SMILES string of the molecule is CN(C)C(=O)[C@@H]1[C@@H]2CC[C@@H](C2)[C@@H]1C(=O)N(C)C. The average Bonchev–Trinajstić information content (AvgIpc) is 2.85. The Kier molecular flexibility index (Phi) is 3.15. The van der Waals surface area contributed by atoms with Crippen LogP contribution in [0.15, 0.2) is 0 Å². The van der Waals surface area contributed by atoms with Gasteiger partial charge >= 0.3 is 0 Å². The van der Waals surface area contributed by atoms with E-state index in [1.807, 2.05) is 0 Å². The first kappa shape index (κ1) is 12.4. The van der Waals surface area contributed by atoms with Crippen LogP contribution in [0.2, 0.25) is 0 Å². The van der Waals surface area contributed by atoms with Crippen LogP contribution in [0.25, 0.3) is 0 Å². The Morgan fingerprint density at radius 3 is 1.47 bits per heavy atom. The van der Waals surface area contributed by atoms with Gasteiger partial charge in [0.2, 0.25) is 11.8 Å². The Morgan fingerprint density at radius 1 is 0.824 bits per heavy atom. The number of carbonyl (C=O) groups is 2. The maximum absolute atomic E-state index is 12.2. The van der Waals surface area contributed by atoms with Gasteiger partial charge in [0, 0.05) is 28.2 Å². The van der Waals surface area contributed by atoms with E-state index in [0.717, 1.165) is 19.3 Å². The second kappa shape index (κ2) is 4.31. The lowest BCUT2D eigenvalue weighted by atomic mass is 9.77. The molecule has 0 N–H and O–H groups in total. The van der Waals surface area contributed by atoms with E-state index in [-0.39, 0.29) is 23.7 Å². The summed E-state index contributed by atoms with van der Waals surface area (Å²) in [6.07, 6.45) is 3.30. The highest BCUT2D eigenvalue weighted by atomic mass is 16.2. The summed E-state index contributed by atoms with van der Waals surface area (Å²) in [5.74, 6) is 1.000. The highest BCUT2D eigenvalue weighted by molar-refractivity contribution is 5.88. The van der Waals surface area contributed by atoms with Crippen LogP contribution in [0, 0.1) is 23.7 Å². The molecule has 4 atom stereocenters. The molecule has 0 aromatic heterocycles. The van der Waals surface area contributed by atoms with Gasteiger partial charge in [-0.15, -0.1) is 0 Å². The van der Waals surface area contributed by atoms with Crippen molar-refractivity contribution in [2.24, 2.45) is 23.7 Å². The first-order valence-electron chi connectivity index (χ1n) is 6.35. The smallest absolute Gasteiger partial charge is 0.226 e. The Balaban J connectivity index is 2.23. The van der Waals surface area contributed by atoms with Gasteiger partial charge in [-0.3, -0.25) is 9.59 Å². The molecule has 2 amide bonds. The summed E-state index contributed by atoms with van der Waals surface area (Å²) in [7, 11) is 7.13. The highest BCUT2D eigenvalue weighted by Gasteiger charge is 2.54. The van der Waals surface area contributed by atoms with Crippen molar-refractivity contribution < 1.29 is 9.59 Å². The summed E-state index contributed by atoms with van der Waals surface area (Å²) < 4.78 is 0. The number of hydrogen-bond donors (Lipinski definition) is 0. The van der Waals surface area contributed by atoms with Crippen LogP contribution in [0.5, 0.6) is 0 Å². The summed E-state index contributed by atoms with van der Waals surface area (Å²) >= 11 is 0. The lowest BCUT2D eigenvalue weighted by molar-refractivity contribution is -0.146. The van der Waals surface area contributed by atoms with Gasteiger partial charge in [-0.1, -0.05) is 0 Å². The fourth-order valence-electron chi connectivity index (χ4n) is 3.60. The van der Waals surface area contributed by atoms with Gasteiger partial charge in [0.1, 0.15) is 0 Å². The van der Waals surface area contributed by atoms with Crippen LogP contribution in [-0.2, 0) is 9.59 Å². The maximum Gasteiger partial charge on any atom is 0.226 e. The fraction of sp³-hybridized carbons (Fsp3) is 0.846. The lowest BCUT2D eigenvalue weighted by Crippen LogP contribution is -2.44. The molecule has 0 radical (unpaired) electrons. The number of rotatable bonds is 2. The molecule has 0 saturated heterocycles. The summed E-state index contributed by atoms with van der Waals surface area (Å²) in [5, 5.41) is 0. The Labute approximate surface area is 103 Å². The third kappa shape index (κ3) is 1.94. The van der Waals surface area contributed by atoms with E-state index in [1.54, 1.807) is 38.0 Å². The second-order valence-corrected chi connectivity index (χ2v) is 5.85. The largest absolute Gasteiger partial charge is 0.349 e. The summed E-state index contributed by atoms with van der Waals surface area (Å²) in [6, 6.07) is 0. The zero-order valence-corrected chi connectivity index (χ0v) is 11.1. The molecule has 2 rings (SSSR count). The average molecular weight is 238 g/mol. The zero-order chi connectivity index (χ0) is 12.7. The number of amides is 2. The molecule has 0 aromatic rings. The summed E-state index contributed by atoms with van der Waals surface area (Å²) in [4.78, 5) is 27.7. The molecular weight excluding hydrogens is 216 g/mol. The molecule has 2 saturated carbocycles. The van der Waals surface area contributed by atoms with Gasteiger partial charge in [0.25, 0.3) is 0 Å². The molecule has 0 aliphatic heterocycles. The van der Waals surface area contributed by atoms with Gasteiger partial charge in [0.05, 0.1) is 11.8 Å². The zero-order valence-electron chi connectivity index (χ0n) is 11.1. The van der Waals surface area contributed by atoms with Crippen LogP contribution in [0.4, 0.5) is 0 Å². The Bertz CT molecular complexity index is 306. The molecule has 4 nitrogen and oxygen atoms in total. The van der Waals surface area contributed by atoms with Gasteiger partial charge in [0.15, 0.2) is 0 Å². The van der Waals surface area contributed by atoms with Gasteiger partial charge in [-0.25, -0.2) is 0 Å². The van der Waals surface area contributed by atoms with E-state index in [0.29, 0.717) is 11.8 Å². The monoisotopic (exact) mass is 238 g/mol. The lowest BCUT2D eigenvalue weighted by Gasteiger charge is -2.32. The first-order valence-corrected chi connectivity index (χ1v) is 6.35. The first-order chi connectivity index (χ1) is 7.93. The van der Waals surface area contributed by atoms with E-state index >= 15 is 0 Å². The Hall–Kier alpha value is -1.06. The molecule has 0 spiro atoms. The van der Waals surface area contributed by atoms with Gasteiger partial charge in [-0.2, -0.15) is 0 Å². The van der Waals surface area contributed by atoms with E-state index in [9.17, 15) is 9.59 Å². The van der Waals surface area contributed by atoms with Crippen molar-refractivity contribution in [3.05, 3.63) is 0 Å². The van der Waals surface area contributed by atoms with Crippen molar-refractivity contribution in [3.8, 4) is 0 Å². The molecule has 0 unspecified atom stereocenters. The molecule has 2 aliphatic carbocycles. The molecule has 2 aliphatic rings. The molecule has 2 fully saturated rings. The molecule has 2 bridgehead atoms. The number of hydrogen-bond acceptors (Lipinski definition) is 2.